The van der Waals surface area contributed by atoms with E-state index in [1.807, 2.05) is 26.0 Å². The molecule has 156 valence electrons. The van der Waals surface area contributed by atoms with E-state index in [4.69, 9.17) is 27.9 Å². The third-order valence-electron chi connectivity index (χ3n) is 6.17. The molecule has 0 bridgehead atoms. The van der Waals surface area contributed by atoms with Gasteiger partial charge in [-0.25, -0.2) is 4.98 Å². The molecule has 8 heteroatoms. The van der Waals surface area contributed by atoms with E-state index >= 15 is 0 Å². The van der Waals surface area contributed by atoms with Crippen molar-refractivity contribution in [1.82, 2.24) is 4.98 Å². The van der Waals surface area contributed by atoms with E-state index < -0.39 is 6.04 Å². The number of amides is 1. The number of carbonyl (C=O) groups excluding carboxylic acids is 2. The molecule has 1 fully saturated rings. The smallest absolute Gasteiger partial charge is 0.296 e. The first-order valence-corrected chi connectivity index (χ1v) is 11.6. The Kier molecular flexibility index (Phi) is 4.92. The number of carbonyl (C=O) groups is 2. The second kappa shape index (κ2) is 7.36. The van der Waals surface area contributed by atoms with Gasteiger partial charge in [-0.3, -0.25) is 14.5 Å². The minimum atomic E-state index is -0.611. The highest BCUT2D eigenvalue weighted by Gasteiger charge is 2.53. The highest BCUT2D eigenvalue weighted by atomic mass is 35.5. The molecule has 1 aromatic heterocycles. The number of thiazole rings is 1. The number of ether oxygens (including phenoxy) is 1. The molecule has 5 nitrogen and oxygen atoms in total. The van der Waals surface area contributed by atoms with Gasteiger partial charge in [0.05, 0.1) is 23.2 Å². The number of aryl methyl sites for hydroxylation is 2. The maximum Gasteiger partial charge on any atom is 0.296 e. The molecule has 4 atom stereocenters. The zero-order valence-electron chi connectivity index (χ0n) is 16.5. The maximum atomic E-state index is 13.6. The quantitative estimate of drug-likeness (QED) is 0.580. The summed E-state index contributed by atoms with van der Waals surface area (Å²) in [6, 6.07) is 6.66. The molecule has 2 aromatic rings. The van der Waals surface area contributed by atoms with Crippen LogP contribution in [0.5, 0.6) is 0 Å². The molecule has 1 aliphatic carbocycles. The maximum absolute atomic E-state index is 13.6. The number of anilines is 1. The van der Waals surface area contributed by atoms with Crippen molar-refractivity contribution in [1.29, 1.82) is 0 Å². The van der Waals surface area contributed by atoms with Crippen molar-refractivity contribution in [2.45, 2.75) is 50.6 Å². The Morgan fingerprint density at radius 1 is 1.23 bits per heavy atom. The van der Waals surface area contributed by atoms with Crippen LogP contribution in [-0.4, -0.2) is 28.2 Å². The average Bonchev–Trinajstić information content (AvgIpc) is 3.19. The van der Waals surface area contributed by atoms with Gasteiger partial charge < -0.3 is 4.74 Å². The molecule has 2 aliphatic heterocycles. The van der Waals surface area contributed by atoms with Gasteiger partial charge in [0.2, 0.25) is 0 Å². The molecule has 3 heterocycles. The summed E-state index contributed by atoms with van der Waals surface area (Å²) in [4.78, 5) is 34.4. The fourth-order valence-electron chi connectivity index (χ4n) is 4.56. The van der Waals surface area contributed by atoms with Gasteiger partial charge in [0.1, 0.15) is 6.10 Å². The van der Waals surface area contributed by atoms with Crippen molar-refractivity contribution in [2.24, 2.45) is 5.92 Å². The number of ketones is 1. The molecule has 0 radical (unpaired) electrons. The van der Waals surface area contributed by atoms with Crippen molar-refractivity contribution in [3.05, 3.63) is 56.8 Å². The van der Waals surface area contributed by atoms with E-state index in [2.05, 4.69) is 4.98 Å². The van der Waals surface area contributed by atoms with Crippen LogP contribution in [0.25, 0.3) is 0 Å². The summed E-state index contributed by atoms with van der Waals surface area (Å²) in [5.74, 6) is -0.528. The highest BCUT2D eigenvalue weighted by Crippen LogP contribution is 2.49. The van der Waals surface area contributed by atoms with Crippen LogP contribution in [0.2, 0.25) is 5.02 Å². The minimum absolute atomic E-state index is 0.0441. The van der Waals surface area contributed by atoms with Gasteiger partial charge in [-0.05, 0) is 50.8 Å². The van der Waals surface area contributed by atoms with Crippen LogP contribution in [0.3, 0.4) is 0 Å². The molecule has 4 unspecified atom stereocenters. The average molecular weight is 463 g/mol. The molecule has 30 heavy (non-hydrogen) atoms. The molecule has 0 N–H and O–H groups in total. The van der Waals surface area contributed by atoms with Crippen LogP contribution in [-0.2, 0) is 14.3 Å². The van der Waals surface area contributed by atoms with Gasteiger partial charge in [-0.15, -0.1) is 22.9 Å². The van der Waals surface area contributed by atoms with Gasteiger partial charge in [0, 0.05) is 15.3 Å². The second-order valence-corrected chi connectivity index (χ2v) is 10.3. The van der Waals surface area contributed by atoms with Crippen molar-refractivity contribution >= 4 is 51.4 Å². The van der Waals surface area contributed by atoms with E-state index in [1.165, 1.54) is 11.3 Å². The first-order chi connectivity index (χ1) is 14.3. The van der Waals surface area contributed by atoms with Crippen LogP contribution in [0, 0.1) is 19.8 Å². The Balaban J connectivity index is 1.66. The number of fused-ring (bicyclic) bond motifs is 1. The third-order valence-corrected chi connectivity index (χ3v) is 7.88. The number of nitrogens with zero attached hydrogens (tertiary/aromatic N) is 2. The molecule has 1 saturated carbocycles. The lowest BCUT2D eigenvalue weighted by Gasteiger charge is -2.37. The van der Waals surface area contributed by atoms with Gasteiger partial charge >= 0.3 is 0 Å². The zero-order chi connectivity index (χ0) is 21.2. The fraction of sp³-hybridized carbons (Fsp3) is 0.409. The number of rotatable bonds is 2. The van der Waals surface area contributed by atoms with E-state index in [0.717, 1.165) is 22.6 Å². The first kappa shape index (κ1) is 20.0. The summed E-state index contributed by atoms with van der Waals surface area (Å²) < 4.78 is 6.17. The normalized spacial score (nSPS) is 28.5. The molecule has 1 aromatic carbocycles. The molecule has 0 spiro atoms. The largest absolute Gasteiger partial charge is 0.483 e. The fourth-order valence-corrected chi connectivity index (χ4v) is 6.02. The zero-order valence-corrected chi connectivity index (χ0v) is 18.9. The molecular weight excluding hydrogens is 443 g/mol. The van der Waals surface area contributed by atoms with Crippen LogP contribution < -0.4 is 4.90 Å². The number of hydrogen-bond acceptors (Lipinski definition) is 5. The van der Waals surface area contributed by atoms with Gasteiger partial charge in [-0.2, -0.15) is 0 Å². The summed E-state index contributed by atoms with van der Waals surface area (Å²) in [6.07, 6.45) is 1.72. The van der Waals surface area contributed by atoms with Gasteiger partial charge in [0.15, 0.2) is 16.7 Å². The monoisotopic (exact) mass is 462 g/mol. The predicted molar refractivity (Wildman–Crippen MR) is 117 cm³/mol. The topological polar surface area (TPSA) is 59.5 Å². The van der Waals surface area contributed by atoms with Gasteiger partial charge in [0.25, 0.3) is 5.91 Å². The SMILES string of the molecule is Cc1nc(N2C(=O)C3=C(C(=O)C4CC(Cl)CCC4O3)C2c2cccc(Cl)c2)sc1C. The van der Waals surface area contributed by atoms with Crippen LogP contribution in [0.15, 0.2) is 35.6 Å². The van der Waals surface area contributed by atoms with Crippen molar-refractivity contribution in [2.75, 3.05) is 4.90 Å². The Morgan fingerprint density at radius 3 is 2.73 bits per heavy atom. The minimum Gasteiger partial charge on any atom is -0.483 e. The van der Waals surface area contributed by atoms with Crippen molar-refractivity contribution < 1.29 is 14.3 Å². The molecule has 5 rings (SSSR count). The number of halogens is 2. The lowest BCUT2D eigenvalue weighted by Crippen LogP contribution is -2.41. The number of aromatic nitrogens is 1. The van der Waals surface area contributed by atoms with Crippen molar-refractivity contribution in [3.8, 4) is 0 Å². The lowest BCUT2D eigenvalue weighted by molar-refractivity contribution is -0.131. The summed E-state index contributed by atoms with van der Waals surface area (Å²) in [5.41, 5.74) is 2.03. The second-order valence-electron chi connectivity index (χ2n) is 8.05. The Hall–Kier alpha value is -1.89. The number of alkyl halides is 1. The van der Waals surface area contributed by atoms with E-state index in [0.29, 0.717) is 28.6 Å². The van der Waals surface area contributed by atoms with Crippen LogP contribution in [0.1, 0.15) is 41.4 Å². The Morgan fingerprint density at radius 2 is 2.03 bits per heavy atom. The summed E-state index contributed by atoms with van der Waals surface area (Å²) in [7, 11) is 0. The van der Waals surface area contributed by atoms with E-state index in [1.54, 1.807) is 17.0 Å². The first-order valence-electron chi connectivity index (χ1n) is 9.97. The van der Waals surface area contributed by atoms with Crippen LogP contribution >= 0.6 is 34.5 Å². The number of benzene rings is 1. The standard InChI is InChI=1S/C22H20Cl2N2O3S/c1-10-11(2)30-22(25-10)26-18(12-4-3-5-13(23)8-12)17-19(27)15-9-14(24)6-7-16(15)29-20(17)21(26)28/h3-5,8,14-16,18H,6-7,9H2,1-2H3. The highest BCUT2D eigenvalue weighted by molar-refractivity contribution is 7.15. The summed E-state index contributed by atoms with van der Waals surface area (Å²) in [6.45, 7) is 3.88. The lowest BCUT2D eigenvalue weighted by atomic mass is 9.77. The molecule has 3 aliphatic rings. The number of Topliss-reactive ketones (excluding diaryl/α,β-unsaturated/α-hetero) is 1. The molecular formula is C22H20Cl2N2O3S. The van der Waals surface area contributed by atoms with Gasteiger partial charge in [-0.1, -0.05) is 23.7 Å². The summed E-state index contributed by atoms with van der Waals surface area (Å²) in [5, 5.41) is 1.05. The Labute approximate surface area is 188 Å². The van der Waals surface area contributed by atoms with Crippen LogP contribution in [0.4, 0.5) is 5.13 Å². The molecule has 1 amide bonds. The number of hydrogen-bond donors (Lipinski definition) is 0. The Bertz CT molecular complexity index is 1080. The van der Waals surface area contributed by atoms with E-state index in [-0.39, 0.29) is 34.8 Å². The van der Waals surface area contributed by atoms with E-state index in [9.17, 15) is 9.59 Å². The van der Waals surface area contributed by atoms with Crippen molar-refractivity contribution in [3.63, 3.8) is 0 Å². The summed E-state index contributed by atoms with van der Waals surface area (Å²) >= 11 is 14.1. The molecule has 0 saturated heterocycles. The third kappa shape index (κ3) is 3.08. The predicted octanol–water partition coefficient (Wildman–Crippen LogP) is 5.13.